The van der Waals surface area contributed by atoms with Gasteiger partial charge >= 0.3 is 0 Å². The van der Waals surface area contributed by atoms with Gasteiger partial charge in [0.15, 0.2) is 30.5 Å². The van der Waals surface area contributed by atoms with E-state index in [1.165, 1.54) is 0 Å². The normalized spacial score (nSPS) is 21.8. The standard InChI is InChI=1S/C23H42N6O2SSi/c1-8-10-11-24-20-19-21(26-22(25-20)32-12-9-2)29(28-27-19)17-13-16(15-30)18(14-17)31-33(6,7)23(3,4)5/h16-18,30H,8-15H2,1-7H3,(H,24,25,26). The molecule has 2 heterocycles. The molecular formula is C23H42N6O2SSi. The van der Waals surface area contributed by atoms with Gasteiger partial charge in [-0.2, -0.15) is 0 Å². The molecule has 0 aromatic carbocycles. The van der Waals surface area contributed by atoms with Gasteiger partial charge < -0.3 is 14.8 Å². The summed E-state index contributed by atoms with van der Waals surface area (Å²) >= 11 is 1.67. The number of thioether (sulfide) groups is 1. The van der Waals surface area contributed by atoms with Crippen LogP contribution in [0.3, 0.4) is 0 Å². The van der Waals surface area contributed by atoms with E-state index in [1.807, 2.05) is 4.68 Å². The first-order chi connectivity index (χ1) is 15.6. The Bertz CT molecular complexity index is 916. The van der Waals surface area contributed by atoms with Crippen molar-refractivity contribution >= 4 is 37.1 Å². The SMILES string of the molecule is CCCCNc1nc(SCCC)nc2c1nnn2C1CC(CO)C(O[Si](C)(C)C(C)(C)C)C1. The van der Waals surface area contributed by atoms with Crippen LogP contribution in [0.5, 0.6) is 0 Å². The van der Waals surface area contributed by atoms with E-state index >= 15 is 0 Å². The Hall–Kier alpha value is -1.23. The molecule has 0 radical (unpaired) electrons. The number of aromatic nitrogens is 5. The molecule has 0 spiro atoms. The Morgan fingerprint density at radius 3 is 2.58 bits per heavy atom. The zero-order valence-electron chi connectivity index (χ0n) is 21.4. The van der Waals surface area contributed by atoms with E-state index in [9.17, 15) is 5.11 Å². The lowest BCUT2D eigenvalue weighted by Gasteiger charge is -2.39. The Kier molecular flexibility index (Phi) is 8.80. The number of hydrogen-bond acceptors (Lipinski definition) is 8. The van der Waals surface area contributed by atoms with E-state index in [0.717, 1.165) is 66.5 Å². The number of anilines is 1. The smallest absolute Gasteiger partial charge is 0.192 e. The Balaban J connectivity index is 1.90. The van der Waals surface area contributed by atoms with Crippen LogP contribution in [-0.2, 0) is 4.43 Å². The van der Waals surface area contributed by atoms with Crippen LogP contribution in [0, 0.1) is 5.92 Å². The molecular weight excluding hydrogens is 452 g/mol. The molecule has 3 unspecified atom stereocenters. The molecule has 0 saturated heterocycles. The highest BCUT2D eigenvalue weighted by atomic mass is 32.2. The van der Waals surface area contributed by atoms with Crippen LogP contribution < -0.4 is 5.32 Å². The van der Waals surface area contributed by atoms with Crippen molar-refractivity contribution in [1.29, 1.82) is 0 Å². The highest BCUT2D eigenvalue weighted by Crippen LogP contribution is 2.44. The molecule has 1 fully saturated rings. The molecule has 2 N–H and O–H groups in total. The van der Waals surface area contributed by atoms with Crippen molar-refractivity contribution < 1.29 is 9.53 Å². The minimum Gasteiger partial charge on any atom is -0.413 e. The Morgan fingerprint density at radius 1 is 1.18 bits per heavy atom. The van der Waals surface area contributed by atoms with E-state index < -0.39 is 8.32 Å². The van der Waals surface area contributed by atoms with Crippen molar-refractivity contribution in [2.45, 2.75) is 102 Å². The lowest BCUT2D eigenvalue weighted by Crippen LogP contribution is -2.45. The van der Waals surface area contributed by atoms with E-state index in [1.54, 1.807) is 11.8 Å². The molecule has 33 heavy (non-hydrogen) atoms. The highest BCUT2D eigenvalue weighted by Gasteiger charge is 2.44. The summed E-state index contributed by atoms with van der Waals surface area (Å²) in [6.07, 6.45) is 4.91. The molecule has 8 nitrogen and oxygen atoms in total. The first-order valence-corrected chi connectivity index (χ1v) is 16.3. The van der Waals surface area contributed by atoms with E-state index in [0.29, 0.717) is 0 Å². The zero-order valence-corrected chi connectivity index (χ0v) is 23.2. The quantitative estimate of drug-likeness (QED) is 0.189. The number of rotatable bonds is 11. The molecule has 1 saturated carbocycles. The average molecular weight is 495 g/mol. The number of aliphatic hydroxyl groups is 1. The number of fused-ring (bicyclic) bond motifs is 1. The minimum absolute atomic E-state index is 0.0260. The third-order valence-electron chi connectivity index (χ3n) is 7.00. The number of nitrogens with zero attached hydrogens (tertiary/aromatic N) is 5. The second-order valence-corrected chi connectivity index (χ2v) is 16.5. The number of aliphatic hydroxyl groups excluding tert-OH is 1. The second kappa shape index (κ2) is 11.0. The minimum atomic E-state index is -1.94. The fourth-order valence-corrected chi connectivity index (χ4v) is 6.06. The fourth-order valence-electron chi connectivity index (χ4n) is 3.97. The molecule has 3 rings (SSSR count). The van der Waals surface area contributed by atoms with Gasteiger partial charge in [0.05, 0.1) is 12.1 Å². The zero-order chi connectivity index (χ0) is 24.2. The van der Waals surface area contributed by atoms with Gasteiger partial charge in [-0.05, 0) is 43.8 Å². The van der Waals surface area contributed by atoms with E-state index in [4.69, 9.17) is 14.4 Å². The molecule has 1 aliphatic carbocycles. The summed E-state index contributed by atoms with van der Waals surface area (Å²) in [5.74, 6) is 1.84. The third-order valence-corrected chi connectivity index (χ3v) is 12.6. The highest BCUT2D eigenvalue weighted by molar-refractivity contribution is 7.99. The van der Waals surface area contributed by atoms with Crippen molar-refractivity contribution in [2.24, 2.45) is 5.92 Å². The summed E-state index contributed by atoms with van der Waals surface area (Å²) in [4.78, 5) is 9.59. The van der Waals surface area contributed by atoms with Crippen molar-refractivity contribution in [2.75, 3.05) is 24.2 Å². The molecule has 10 heteroatoms. The first kappa shape index (κ1) is 26.4. The summed E-state index contributed by atoms with van der Waals surface area (Å²) in [5, 5.41) is 23.5. The van der Waals surface area contributed by atoms with Crippen molar-refractivity contribution in [3.05, 3.63) is 0 Å². The Morgan fingerprint density at radius 2 is 1.94 bits per heavy atom. The van der Waals surface area contributed by atoms with Gasteiger partial charge in [0.25, 0.3) is 0 Å². The van der Waals surface area contributed by atoms with Crippen molar-refractivity contribution in [3.63, 3.8) is 0 Å². The largest absolute Gasteiger partial charge is 0.413 e. The number of nitrogens with one attached hydrogen (secondary N) is 1. The Labute approximate surface area is 203 Å². The van der Waals surface area contributed by atoms with Gasteiger partial charge in [0.1, 0.15) is 0 Å². The molecule has 0 aliphatic heterocycles. The summed E-state index contributed by atoms with van der Waals surface area (Å²) in [5.41, 5.74) is 1.50. The maximum Gasteiger partial charge on any atom is 0.192 e. The molecule has 2 aromatic heterocycles. The van der Waals surface area contributed by atoms with Crippen LogP contribution in [0.1, 0.15) is 72.8 Å². The molecule has 3 atom stereocenters. The summed E-state index contributed by atoms with van der Waals surface area (Å²) < 4.78 is 8.70. The van der Waals surface area contributed by atoms with Gasteiger partial charge in [-0.3, -0.25) is 0 Å². The van der Waals surface area contributed by atoms with Crippen LogP contribution in [-0.4, -0.2) is 63.4 Å². The lowest BCUT2D eigenvalue weighted by molar-refractivity contribution is 0.0979. The predicted octanol–water partition coefficient (Wildman–Crippen LogP) is 5.27. The van der Waals surface area contributed by atoms with E-state index in [-0.39, 0.29) is 29.7 Å². The second-order valence-electron chi connectivity index (χ2n) is 10.7. The molecule has 0 bridgehead atoms. The van der Waals surface area contributed by atoms with Gasteiger partial charge in [0, 0.05) is 24.8 Å². The van der Waals surface area contributed by atoms with Crippen LogP contribution in [0.15, 0.2) is 5.16 Å². The molecule has 2 aromatic rings. The van der Waals surface area contributed by atoms with Crippen LogP contribution in [0.25, 0.3) is 11.2 Å². The van der Waals surface area contributed by atoms with Crippen molar-refractivity contribution in [1.82, 2.24) is 25.0 Å². The topological polar surface area (TPSA) is 98.0 Å². The van der Waals surface area contributed by atoms with Crippen LogP contribution in [0.2, 0.25) is 18.1 Å². The van der Waals surface area contributed by atoms with Gasteiger partial charge in [-0.1, -0.05) is 58.0 Å². The van der Waals surface area contributed by atoms with E-state index in [2.05, 4.69) is 63.3 Å². The summed E-state index contributed by atoms with van der Waals surface area (Å²) in [6, 6.07) is 0.101. The fraction of sp³-hybridized carbons (Fsp3) is 0.826. The predicted molar refractivity (Wildman–Crippen MR) is 138 cm³/mol. The maximum atomic E-state index is 10.1. The van der Waals surface area contributed by atoms with Crippen LogP contribution in [0.4, 0.5) is 5.82 Å². The molecule has 186 valence electrons. The van der Waals surface area contributed by atoms with Gasteiger partial charge in [0.2, 0.25) is 0 Å². The van der Waals surface area contributed by atoms with Crippen LogP contribution >= 0.6 is 11.8 Å². The first-order valence-electron chi connectivity index (χ1n) is 12.4. The summed E-state index contributed by atoms with van der Waals surface area (Å²) in [7, 11) is -1.94. The third kappa shape index (κ3) is 6.07. The monoisotopic (exact) mass is 494 g/mol. The van der Waals surface area contributed by atoms with Crippen molar-refractivity contribution in [3.8, 4) is 0 Å². The number of hydrogen-bond donors (Lipinski definition) is 2. The average Bonchev–Trinajstić information content (AvgIpc) is 3.35. The molecule has 1 aliphatic rings. The lowest BCUT2D eigenvalue weighted by atomic mass is 10.1. The number of unbranched alkanes of at least 4 members (excludes halogenated alkanes) is 1. The maximum absolute atomic E-state index is 10.1. The molecule has 0 amide bonds. The summed E-state index contributed by atoms with van der Waals surface area (Å²) in [6.45, 7) is 16.6. The van der Waals surface area contributed by atoms with Gasteiger partial charge in [-0.25, -0.2) is 14.6 Å². The van der Waals surface area contributed by atoms with Gasteiger partial charge in [-0.15, -0.1) is 5.10 Å².